The van der Waals surface area contributed by atoms with E-state index in [0.717, 1.165) is 11.6 Å². The Balaban J connectivity index is 1.61. The first-order valence-corrected chi connectivity index (χ1v) is 9.78. The Labute approximate surface area is 181 Å². The van der Waals surface area contributed by atoms with Crippen LogP contribution in [0.3, 0.4) is 0 Å². The number of hydrogen-bond donors (Lipinski definition) is 0. The zero-order valence-corrected chi connectivity index (χ0v) is 16.9. The highest BCUT2D eigenvalue weighted by atomic mass is 19.4. The number of nitrogens with zero attached hydrogens (tertiary/aromatic N) is 4. The Kier molecular flexibility index (Phi) is 6.07. The Morgan fingerprint density at radius 3 is 2.59 bits per heavy atom. The van der Waals surface area contributed by atoms with Gasteiger partial charge in [-0.1, -0.05) is 24.3 Å². The van der Waals surface area contributed by atoms with E-state index in [1.807, 2.05) is 6.07 Å². The molecular weight excluding hydrogens is 421 g/mol. The molecule has 0 N–H and O–H groups in total. The number of furan rings is 1. The quantitative estimate of drug-likeness (QED) is 0.415. The van der Waals surface area contributed by atoms with Gasteiger partial charge in [0.2, 0.25) is 0 Å². The minimum atomic E-state index is -4.46. The first-order chi connectivity index (χ1) is 15.4. The average Bonchev–Trinajstić information content (AvgIpc) is 3.46. The van der Waals surface area contributed by atoms with E-state index in [1.54, 1.807) is 47.4 Å². The molecule has 0 aliphatic heterocycles. The van der Waals surface area contributed by atoms with Crippen LogP contribution >= 0.6 is 0 Å². The number of rotatable bonds is 7. The summed E-state index contributed by atoms with van der Waals surface area (Å²) in [4.78, 5) is 22.9. The maximum atomic E-state index is 13.4. The first kappa shape index (κ1) is 21.4. The third kappa shape index (κ3) is 4.88. The molecule has 0 spiro atoms. The molecular formula is C23H19F3N4O2. The van der Waals surface area contributed by atoms with Gasteiger partial charge < -0.3 is 13.9 Å². The molecule has 0 aliphatic rings. The Morgan fingerprint density at radius 1 is 1.03 bits per heavy atom. The number of pyridine rings is 1. The van der Waals surface area contributed by atoms with Crippen molar-refractivity contribution in [2.24, 2.45) is 0 Å². The molecule has 0 aliphatic carbocycles. The zero-order valence-electron chi connectivity index (χ0n) is 16.9. The van der Waals surface area contributed by atoms with Gasteiger partial charge in [-0.2, -0.15) is 13.2 Å². The second kappa shape index (κ2) is 9.09. The van der Waals surface area contributed by atoms with Crippen molar-refractivity contribution in [2.45, 2.75) is 25.8 Å². The van der Waals surface area contributed by atoms with Gasteiger partial charge in [0.1, 0.15) is 5.82 Å². The van der Waals surface area contributed by atoms with Crippen molar-refractivity contribution in [3.8, 4) is 0 Å². The van der Waals surface area contributed by atoms with Crippen LogP contribution in [-0.2, 0) is 25.8 Å². The smallest absolute Gasteiger partial charge is 0.416 e. The fraction of sp³-hybridized carbons (Fsp3) is 0.174. The second-order valence-electron chi connectivity index (χ2n) is 7.13. The molecule has 0 fully saturated rings. The largest absolute Gasteiger partial charge is 0.459 e. The van der Waals surface area contributed by atoms with Gasteiger partial charge in [0.25, 0.3) is 5.91 Å². The van der Waals surface area contributed by atoms with Crippen LogP contribution in [0.15, 0.2) is 84.0 Å². The van der Waals surface area contributed by atoms with Gasteiger partial charge >= 0.3 is 6.18 Å². The lowest BCUT2D eigenvalue weighted by atomic mass is 10.1. The van der Waals surface area contributed by atoms with E-state index in [0.29, 0.717) is 5.82 Å². The number of imidazole rings is 1. The van der Waals surface area contributed by atoms with Crippen molar-refractivity contribution in [2.75, 3.05) is 0 Å². The van der Waals surface area contributed by atoms with Crippen molar-refractivity contribution in [1.29, 1.82) is 0 Å². The number of benzene rings is 1. The Hall–Kier alpha value is -3.88. The van der Waals surface area contributed by atoms with Crippen molar-refractivity contribution >= 4 is 5.91 Å². The van der Waals surface area contributed by atoms with Crippen LogP contribution in [0.2, 0.25) is 0 Å². The third-order valence-corrected chi connectivity index (χ3v) is 4.91. The van der Waals surface area contributed by atoms with Crippen LogP contribution in [0.1, 0.15) is 33.1 Å². The fourth-order valence-corrected chi connectivity index (χ4v) is 3.39. The lowest BCUT2D eigenvalue weighted by Gasteiger charge is -2.22. The normalized spacial score (nSPS) is 11.5. The predicted molar refractivity (Wildman–Crippen MR) is 109 cm³/mol. The molecule has 9 heteroatoms. The summed E-state index contributed by atoms with van der Waals surface area (Å²) < 4.78 is 47.1. The van der Waals surface area contributed by atoms with Crippen LogP contribution in [0.4, 0.5) is 13.2 Å². The van der Waals surface area contributed by atoms with Crippen LogP contribution in [0, 0.1) is 0 Å². The van der Waals surface area contributed by atoms with E-state index in [2.05, 4.69) is 9.97 Å². The number of aromatic nitrogens is 3. The summed E-state index contributed by atoms with van der Waals surface area (Å²) in [5.41, 5.74) is 0.224. The molecule has 0 atom stereocenters. The van der Waals surface area contributed by atoms with E-state index in [4.69, 9.17) is 4.42 Å². The summed E-state index contributed by atoms with van der Waals surface area (Å²) in [5, 5.41) is 0. The SMILES string of the molecule is O=C(c1ccco1)N(Cc1cccnc1)Cc1nccn1Cc1ccccc1C(F)(F)F. The zero-order chi connectivity index (χ0) is 22.6. The Bertz CT molecular complexity index is 1170. The van der Waals surface area contributed by atoms with Gasteiger partial charge in [0.05, 0.1) is 18.4 Å². The number of carbonyl (C=O) groups excluding carboxylic acids is 1. The second-order valence-corrected chi connectivity index (χ2v) is 7.13. The molecule has 6 nitrogen and oxygen atoms in total. The molecule has 3 heterocycles. The molecule has 0 bridgehead atoms. The van der Waals surface area contributed by atoms with Crippen molar-refractivity contribution in [3.05, 3.63) is 108 Å². The summed E-state index contributed by atoms with van der Waals surface area (Å²) in [6, 6.07) is 12.2. The minimum Gasteiger partial charge on any atom is -0.459 e. The first-order valence-electron chi connectivity index (χ1n) is 9.78. The van der Waals surface area contributed by atoms with Crippen molar-refractivity contribution in [1.82, 2.24) is 19.4 Å². The van der Waals surface area contributed by atoms with Gasteiger partial charge in [0, 0.05) is 37.9 Å². The van der Waals surface area contributed by atoms with E-state index in [-0.39, 0.29) is 36.9 Å². The van der Waals surface area contributed by atoms with Crippen LogP contribution in [0.5, 0.6) is 0 Å². The van der Waals surface area contributed by atoms with E-state index >= 15 is 0 Å². The van der Waals surface area contributed by atoms with Crippen molar-refractivity contribution in [3.63, 3.8) is 0 Å². The molecule has 4 aromatic rings. The van der Waals surface area contributed by atoms with Crippen LogP contribution in [0.25, 0.3) is 0 Å². The number of amides is 1. The minimum absolute atomic E-state index is 0.0271. The molecule has 1 aromatic carbocycles. The highest BCUT2D eigenvalue weighted by molar-refractivity contribution is 5.91. The van der Waals surface area contributed by atoms with Gasteiger partial charge in [-0.15, -0.1) is 0 Å². The molecule has 32 heavy (non-hydrogen) atoms. The summed E-state index contributed by atoms with van der Waals surface area (Å²) in [5.74, 6) is 0.254. The Morgan fingerprint density at radius 2 is 1.88 bits per heavy atom. The summed E-state index contributed by atoms with van der Waals surface area (Å²) in [6.45, 7) is 0.287. The van der Waals surface area contributed by atoms with Gasteiger partial charge in [0.15, 0.2) is 5.76 Å². The molecule has 4 rings (SSSR count). The van der Waals surface area contributed by atoms with E-state index in [1.165, 1.54) is 29.5 Å². The third-order valence-electron chi connectivity index (χ3n) is 4.91. The topological polar surface area (TPSA) is 64.2 Å². The highest BCUT2D eigenvalue weighted by Gasteiger charge is 2.33. The molecule has 0 saturated carbocycles. The predicted octanol–water partition coefficient (Wildman–Crippen LogP) is 4.78. The van der Waals surface area contributed by atoms with Gasteiger partial charge in [-0.25, -0.2) is 4.98 Å². The lowest BCUT2D eigenvalue weighted by molar-refractivity contribution is -0.138. The number of carbonyl (C=O) groups is 1. The molecule has 1 amide bonds. The summed E-state index contributed by atoms with van der Waals surface area (Å²) in [6.07, 6.45) is 3.33. The molecule has 0 radical (unpaired) electrons. The monoisotopic (exact) mass is 440 g/mol. The lowest BCUT2D eigenvalue weighted by Crippen LogP contribution is -2.31. The average molecular weight is 440 g/mol. The highest BCUT2D eigenvalue weighted by Crippen LogP contribution is 2.32. The maximum Gasteiger partial charge on any atom is 0.416 e. The number of halogens is 3. The molecule has 0 saturated heterocycles. The standard InChI is InChI=1S/C23H19F3N4O2/c24-23(25,26)19-7-2-1-6-18(19)15-29-11-10-28-21(29)16-30(14-17-5-3-9-27-13-17)22(31)20-8-4-12-32-20/h1-13H,14-16H2. The van der Waals surface area contributed by atoms with Gasteiger partial charge in [-0.3, -0.25) is 9.78 Å². The summed E-state index contributed by atoms with van der Waals surface area (Å²) in [7, 11) is 0. The van der Waals surface area contributed by atoms with Gasteiger partial charge in [-0.05, 0) is 35.4 Å². The van der Waals surface area contributed by atoms with E-state index < -0.39 is 11.7 Å². The number of alkyl halides is 3. The maximum absolute atomic E-state index is 13.4. The van der Waals surface area contributed by atoms with Crippen LogP contribution in [-0.4, -0.2) is 25.3 Å². The summed E-state index contributed by atoms with van der Waals surface area (Å²) >= 11 is 0. The van der Waals surface area contributed by atoms with E-state index in [9.17, 15) is 18.0 Å². The number of hydrogen-bond acceptors (Lipinski definition) is 4. The van der Waals surface area contributed by atoms with Crippen LogP contribution < -0.4 is 0 Å². The van der Waals surface area contributed by atoms with Crippen molar-refractivity contribution < 1.29 is 22.4 Å². The molecule has 3 aromatic heterocycles. The molecule has 164 valence electrons. The molecule has 0 unspecified atom stereocenters. The fourth-order valence-electron chi connectivity index (χ4n) is 3.39.